The second-order valence-corrected chi connectivity index (χ2v) is 4.52. The number of nitrogens with one attached hydrogen (secondary N) is 1. The molecule has 1 N–H and O–H groups in total. The van der Waals surface area contributed by atoms with Gasteiger partial charge in [-0.05, 0) is 29.8 Å². The van der Waals surface area contributed by atoms with E-state index in [4.69, 9.17) is 11.6 Å². The lowest BCUT2D eigenvalue weighted by Gasteiger charge is -2.07. The first kappa shape index (κ1) is 14.5. The van der Waals surface area contributed by atoms with Crippen LogP contribution in [-0.4, -0.2) is 5.91 Å². The first-order valence-corrected chi connectivity index (χ1v) is 6.51. The zero-order valence-electron chi connectivity index (χ0n) is 10.5. The van der Waals surface area contributed by atoms with E-state index in [1.807, 2.05) is 0 Å². The predicted molar refractivity (Wildman–Crippen MR) is 74.7 cm³/mol. The van der Waals surface area contributed by atoms with Gasteiger partial charge in [-0.3, -0.25) is 4.79 Å². The van der Waals surface area contributed by atoms with Crippen LogP contribution in [0.3, 0.4) is 0 Å². The molecule has 0 aromatic heterocycles. The number of hydrogen-bond acceptors (Lipinski definition) is 1. The van der Waals surface area contributed by atoms with E-state index in [1.54, 1.807) is 24.3 Å². The summed E-state index contributed by atoms with van der Waals surface area (Å²) in [7, 11) is 0. The lowest BCUT2D eigenvalue weighted by molar-refractivity contribution is -0.115. The molecule has 0 heterocycles. The Morgan fingerprint density at radius 1 is 1.05 bits per heavy atom. The van der Waals surface area contributed by atoms with E-state index in [9.17, 15) is 13.6 Å². The predicted octanol–water partition coefficient (Wildman–Crippen LogP) is 3.88. The van der Waals surface area contributed by atoms with E-state index in [1.165, 1.54) is 6.07 Å². The molecule has 0 saturated carbocycles. The molecule has 0 radical (unpaired) electrons. The van der Waals surface area contributed by atoms with E-state index < -0.39 is 17.5 Å². The molecule has 2 nitrogen and oxygen atoms in total. The number of benzene rings is 2. The van der Waals surface area contributed by atoms with Crippen LogP contribution < -0.4 is 5.32 Å². The van der Waals surface area contributed by atoms with Gasteiger partial charge < -0.3 is 5.32 Å². The van der Waals surface area contributed by atoms with Crippen molar-refractivity contribution in [2.75, 3.05) is 5.32 Å². The summed E-state index contributed by atoms with van der Waals surface area (Å²) in [5, 5.41) is 2.58. The van der Waals surface area contributed by atoms with Gasteiger partial charge in [0.05, 0.1) is 6.42 Å². The van der Waals surface area contributed by atoms with Crippen LogP contribution in [0.2, 0.25) is 0 Å². The van der Waals surface area contributed by atoms with Crippen molar-refractivity contribution in [2.45, 2.75) is 12.3 Å². The Balaban J connectivity index is 2.05. The van der Waals surface area contributed by atoms with Crippen LogP contribution in [0, 0.1) is 11.6 Å². The van der Waals surface area contributed by atoms with Gasteiger partial charge in [0.25, 0.3) is 0 Å². The standard InChI is InChI=1S/C15H12ClF2NO/c16-9-10-4-6-11(7-5-10)19-15(20)8-12-13(17)2-1-3-14(12)18/h1-7H,8-9H2,(H,19,20). The van der Waals surface area contributed by atoms with Crippen molar-refractivity contribution in [1.82, 2.24) is 0 Å². The zero-order valence-corrected chi connectivity index (χ0v) is 11.3. The molecule has 0 spiro atoms. The smallest absolute Gasteiger partial charge is 0.229 e. The van der Waals surface area contributed by atoms with Crippen LogP contribution in [0.5, 0.6) is 0 Å². The van der Waals surface area contributed by atoms with Crippen molar-refractivity contribution in [3.63, 3.8) is 0 Å². The molecule has 0 bridgehead atoms. The van der Waals surface area contributed by atoms with Crippen LogP contribution in [0.15, 0.2) is 42.5 Å². The number of anilines is 1. The fourth-order valence-electron chi connectivity index (χ4n) is 1.74. The van der Waals surface area contributed by atoms with Crippen LogP contribution in [0.4, 0.5) is 14.5 Å². The average Bonchev–Trinajstić information content (AvgIpc) is 2.44. The van der Waals surface area contributed by atoms with Gasteiger partial charge in [0.1, 0.15) is 11.6 Å². The highest BCUT2D eigenvalue weighted by Crippen LogP contribution is 2.15. The first-order valence-electron chi connectivity index (χ1n) is 5.98. The molecule has 2 rings (SSSR count). The summed E-state index contributed by atoms with van der Waals surface area (Å²) in [5.41, 5.74) is 1.24. The van der Waals surface area contributed by atoms with Crippen molar-refractivity contribution >= 4 is 23.2 Å². The molecule has 0 fully saturated rings. The summed E-state index contributed by atoms with van der Waals surface area (Å²) >= 11 is 5.66. The molecule has 20 heavy (non-hydrogen) atoms. The summed E-state index contributed by atoms with van der Waals surface area (Å²) in [6.07, 6.45) is -0.351. The van der Waals surface area contributed by atoms with Gasteiger partial charge in [-0.1, -0.05) is 18.2 Å². The van der Waals surface area contributed by atoms with Crippen LogP contribution in [0.25, 0.3) is 0 Å². The number of amides is 1. The highest BCUT2D eigenvalue weighted by atomic mass is 35.5. The fourth-order valence-corrected chi connectivity index (χ4v) is 1.92. The minimum atomic E-state index is -0.724. The summed E-state index contributed by atoms with van der Waals surface area (Å²) < 4.78 is 26.8. The summed E-state index contributed by atoms with van der Waals surface area (Å²) in [5.74, 6) is -1.54. The third kappa shape index (κ3) is 3.54. The maximum Gasteiger partial charge on any atom is 0.229 e. The van der Waals surface area contributed by atoms with Gasteiger partial charge in [-0.15, -0.1) is 11.6 Å². The fraction of sp³-hybridized carbons (Fsp3) is 0.133. The second kappa shape index (κ2) is 6.48. The number of rotatable bonds is 4. The Morgan fingerprint density at radius 2 is 1.65 bits per heavy atom. The molecule has 1 amide bonds. The first-order chi connectivity index (χ1) is 9.60. The Hall–Kier alpha value is -1.94. The minimum absolute atomic E-state index is 0.234. The van der Waals surface area contributed by atoms with E-state index in [0.29, 0.717) is 11.6 Å². The molecule has 0 saturated heterocycles. The molecule has 0 aliphatic rings. The normalized spacial score (nSPS) is 10.3. The Labute approximate surface area is 120 Å². The summed E-state index contributed by atoms with van der Waals surface area (Å²) in [4.78, 5) is 11.8. The quantitative estimate of drug-likeness (QED) is 0.852. The number of carbonyl (C=O) groups is 1. The average molecular weight is 296 g/mol. The van der Waals surface area contributed by atoms with Crippen molar-refractivity contribution in [3.05, 3.63) is 65.2 Å². The maximum absolute atomic E-state index is 13.4. The molecule has 5 heteroatoms. The van der Waals surface area contributed by atoms with Crippen molar-refractivity contribution in [2.24, 2.45) is 0 Å². The highest BCUT2D eigenvalue weighted by molar-refractivity contribution is 6.17. The molecule has 0 unspecified atom stereocenters. The molecule has 0 aliphatic carbocycles. The van der Waals surface area contributed by atoms with E-state index >= 15 is 0 Å². The zero-order chi connectivity index (χ0) is 14.5. The summed E-state index contributed by atoms with van der Waals surface area (Å²) in [6, 6.07) is 10.4. The van der Waals surface area contributed by atoms with Crippen LogP contribution in [0.1, 0.15) is 11.1 Å². The molecule has 2 aromatic rings. The lowest BCUT2D eigenvalue weighted by Crippen LogP contribution is -2.16. The third-order valence-electron chi connectivity index (χ3n) is 2.79. The molecule has 0 aliphatic heterocycles. The Morgan fingerprint density at radius 3 is 2.20 bits per heavy atom. The number of carbonyl (C=O) groups excluding carboxylic acids is 1. The van der Waals surface area contributed by atoms with Gasteiger partial charge in [0, 0.05) is 17.1 Å². The third-order valence-corrected chi connectivity index (χ3v) is 3.10. The molecular weight excluding hydrogens is 284 g/mol. The van der Waals surface area contributed by atoms with Gasteiger partial charge >= 0.3 is 0 Å². The molecule has 0 atom stereocenters. The van der Waals surface area contributed by atoms with Crippen molar-refractivity contribution < 1.29 is 13.6 Å². The van der Waals surface area contributed by atoms with Gasteiger partial charge in [0.2, 0.25) is 5.91 Å². The van der Waals surface area contributed by atoms with Crippen molar-refractivity contribution in [3.8, 4) is 0 Å². The van der Waals surface area contributed by atoms with Gasteiger partial charge in [-0.25, -0.2) is 8.78 Å². The highest BCUT2D eigenvalue weighted by Gasteiger charge is 2.13. The number of hydrogen-bond donors (Lipinski definition) is 1. The second-order valence-electron chi connectivity index (χ2n) is 4.26. The molecule has 2 aromatic carbocycles. The molecule has 104 valence electrons. The van der Waals surface area contributed by atoms with E-state index in [-0.39, 0.29) is 12.0 Å². The van der Waals surface area contributed by atoms with E-state index in [2.05, 4.69) is 5.32 Å². The lowest BCUT2D eigenvalue weighted by atomic mass is 10.1. The maximum atomic E-state index is 13.4. The minimum Gasteiger partial charge on any atom is -0.326 e. The largest absolute Gasteiger partial charge is 0.326 e. The number of alkyl halides is 1. The van der Waals surface area contributed by atoms with Crippen LogP contribution >= 0.6 is 11.6 Å². The SMILES string of the molecule is O=C(Cc1c(F)cccc1F)Nc1ccc(CCl)cc1. The van der Waals surface area contributed by atoms with Crippen molar-refractivity contribution in [1.29, 1.82) is 0 Å². The topological polar surface area (TPSA) is 29.1 Å². The molecular formula is C15H12ClF2NO. The monoisotopic (exact) mass is 295 g/mol. The van der Waals surface area contributed by atoms with Crippen LogP contribution in [-0.2, 0) is 17.1 Å². The van der Waals surface area contributed by atoms with E-state index in [0.717, 1.165) is 17.7 Å². The Bertz CT molecular complexity index is 594. The Kier molecular flexibility index (Phi) is 4.69. The summed E-state index contributed by atoms with van der Waals surface area (Å²) in [6.45, 7) is 0. The number of halogens is 3. The van der Waals surface area contributed by atoms with Gasteiger partial charge in [0.15, 0.2) is 0 Å². The van der Waals surface area contributed by atoms with Gasteiger partial charge in [-0.2, -0.15) is 0 Å².